The third-order valence-electron chi connectivity index (χ3n) is 5.43. The van der Waals surface area contributed by atoms with Gasteiger partial charge in [-0.05, 0) is 67.1 Å². The van der Waals surface area contributed by atoms with Gasteiger partial charge in [-0.3, -0.25) is 4.79 Å². The number of ether oxygens (including phenoxy) is 1. The summed E-state index contributed by atoms with van der Waals surface area (Å²) >= 11 is 5.06. The molecule has 1 aliphatic carbocycles. The van der Waals surface area contributed by atoms with Gasteiger partial charge in [-0.25, -0.2) is 4.79 Å². The number of hydrogen-bond acceptors (Lipinski definition) is 5. The second-order valence-electron chi connectivity index (χ2n) is 7.43. The van der Waals surface area contributed by atoms with Gasteiger partial charge in [0, 0.05) is 9.35 Å². The molecule has 2 aromatic carbocycles. The molecule has 0 saturated carbocycles. The Kier molecular flexibility index (Phi) is 5.08. The first kappa shape index (κ1) is 19.3. The highest BCUT2D eigenvalue weighted by Crippen LogP contribution is 2.41. The normalized spacial score (nSPS) is 17.4. The maximum Gasteiger partial charge on any atom is 0.343 e. The van der Waals surface area contributed by atoms with Gasteiger partial charge in [0.05, 0.1) is 11.1 Å². The summed E-state index contributed by atoms with van der Waals surface area (Å²) in [7, 11) is 0. The predicted octanol–water partition coefficient (Wildman–Crippen LogP) is 5.46. The van der Waals surface area contributed by atoms with E-state index in [2.05, 4.69) is 26.6 Å². The van der Waals surface area contributed by atoms with Crippen molar-refractivity contribution in [3.63, 3.8) is 0 Å². The Morgan fingerprint density at radius 3 is 2.67 bits per heavy atom. The molecule has 2 heterocycles. The number of thiophene rings is 1. The Hall–Kier alpha value is -2.64. The average Bonchev–Trinajstić information content (AvgIpc) is 3.13. The molecule has 0 fully saturated rings. The van der Waals surface area contributed by atoms with Gasteiger partial charge >= 0.3 is 5.97 Å². The van der Waals surface area contributed by atoms with Crippen LogP contribution in [0.15, 0.2) is 53.0 Å². The molecule has 3 aromatic rings. The third-order valence-corrected chi connectivity index (χ3v) is 7.15. The van der Waals surface area contributed by atoms with E-state index in [-0.39, 0.29) is 12.1 Å². The van der Waals surface area contributed by atoms with Crippen LogP contribution in [0.3, 0.4) is 0 Å². The van der Waals surface area contributed by atoms with E-state index >= 15 is 0 Å². The highest BCUT2D eigenvalue weighted by Gasteiger charge is 2.31. The van der Waals surface area contributed by atoms with E-state index in [9.17, 15) is 9.59 Å². The number of halogens is 1. The summed E-state index contributed by atoms with van der Waals surface area (Å²) < 4.78 is 6.29. The van der Waals surface area contributed by atoms with Crippen LogP contribution in [0.4, 0.5) is 5.00 Å². The first-order valence-corrected chi connectivity index (χ1v) is 11.5. The van der Waals surface area contributed by atoms with E-state index in [1.807, 2.05) is 18.2 Å². The van der Waals surface area contributed by atoms with Gasteiger partial charge in [0.25, 0.3) is 5.91 Å². The maximum atomic E-state index is 12.8. The zero-order chi connectivity index (χ0) is 20.7. The average molecular weight is 483 g/mol. The topological polar surface area (TPSA) is 67.4 Å². The molecule has 30 heavy (non-hydrogen) atoms. The Labute approximate surface area is 186 Å². The summed E-state index contributed by atoms with van der Waals surface area (Å²) in [5, 5.41) is 7.49. The summed E-state index contributed by atoms with van der Waals surface area (Å²) in [5.74, 6) is 0.0263. The van der Waals surface area contributed by atoms with E-state index in [1.54, 1.807) is 41.7 Å². The molecule has 1 atom stereocenters. The fraction of sp³-hybridized carbons (Fsp3) is 0.217. The minimum atomic E-state index is -0.415. The number of nitrogens with one attached hydrogen (secondary N) is 2. The van der Waals surface area contributed by atoms with Gasteiger partial charge in [-0.1, -0.05) is 34.1 Å². The molecular formula is C23H19BrN2O3S. The number of benzene rings is 2. The molecule has 5 nitrogen and oxygen atoms in total. The quantitative estimate of drug-likeness (QED) is 0.384. The van der Waals surface area contributed by atoms with Crippen LogP contribution in [-0.4, -0.2) is 11.9 Å². The fourth-order valence-electron chi connectivity index (χ4n) is 3.95. The number of fused-ring (bicyclic) bond motifs is 3. The number of amides is 1. The number of hydrogen-bond donors (Lipinski definition) is 2. The van der Waals surface area contributed by atoms with Crippen LogP contribution >= 0.6 is 27.3 Å². The molecular weight excluding hydrogens is 464 g/mol. The number of rotatable bonds is 3. The summed E-state index contributed by atoms with van der Waals surface area (Å²) in [6.45, 7) is 0. The Balaban J connectivity index is 1.32. The molecule has 2 aliphatic rings. The van der Waals surface area contributed by atoms with Gasteiger partial charge < -0.3 is 15.4 Å². The molecule has 5 rings (SSSR count). The summed E-state index contributed by atoms with van der Waals surface area (Å²) in [6.07, 6.45) is 4.08. The molecule has 7 heteroatoms. The van der Waals surface area contributed by atoms with E-state index < -0.39 is 5.97 Å². The third kappa shape index (κ3) is 3.63. The maximum absolute atomic E-state index is 12.8. The predicted molar refractivity (Wildman–Crippen MR) is 120 cm³/mol. The standard InChI is InChI=1S/C23H19BrN2O3S/c24-15-5-3-4-14(12-15)23(28)29-16-10-8-13(9-11-16)20-25-21(27)19-17-6-1-2-7-18(17)30-22(19)26-20/h3-5,8-12,20,26H,1-2,6-7H2,(H,25,27)/t20-/m0/s1. The van der Waals surface area contributed by atoms with E-state index in [4.69, 9.17) is 4.74 Å². The number of esters is 1. The van der Waals surface area contributed by atoms with Crippen LogP contribution in [0.1, 0.15) is 55.7 Å². The van der Waals surface area contributed by atoms with Crippen molar-refractivity contribution >= 4 is 44.1 Å². The Bertz CT molecular complexity index is 1140. The second kappa shape index (κ2) is 7.89. The summed E-state index contributed by atoms with van der Waals surface area (Å²) in [5.41, 5.74) is 3.43. The number of carbonyl (C=O) groups is 2. The van der Waals surface area contributed by atoms with Gasteiger partial charge in [-0.2, -0.15) is 0 Å². The fourth-order valence-corrected chi connectivity index (χ4v) is 5.67. The largest absolute Gasteiger partial charge is 0.423 e. The zero-order valence-electron chi connectivity index (χ0n) is 16.0. The van der Waals surface area contributed by atoms with Crippen LogP contribution in [-0.2, 0) is 12.8 Å². The van der Waals surface area contributed by atoms with Gasteiger partial charge in [0.15, 0.2) is 0 Å². The molecule has 152 valence electrons. The highest BCUT2D eigenvalue weighted by molar-refractivity contribution is 9.10. The van der Waals surface area contributed by atoms with E-state index in [1.165, 1.54) is 16.9 Å². The first-order chi connectivity index (χ1) is 14.6. The highest BCUT2D eigenvalue weighted by atomic mass is 79.9. The van der Waals surface area contributed by atoms with Crippen molar-refractivity contribution in [3.05, 3.63) is 80.1 Å². The van der Waals surface area contributed by atoms with Crippen LogP contribution < -0.4 is 15.4 Å². The number of aryl methyl sites for hydroxylation is 1. The summed E-state index contributed by atoms with van der Waals surface area (Å²) in [6, 6.07) is 14.3. The Morgan fingerprint density at radius 2 is 1.87 bits per heavy atom. The zero-order valence-corrected chi connectivity index (χ0v) is 18.4. The monoisotopic (exact) mass is 482 g/mol. The smallest absolute Gasteiger partial charge is 0.343 e. The van der Waals surface area contributed by atoms with Crippen molar-refractivity contribution in [1.29, 1.82) is 0 Å². The minimum absolute atomic E-state index is 0.0155. The van der Waals surface area contributed by atoms with Crippen LogP contribution in [0, 0.1) is 0 Å². The minimum Gasteiger partial charge on any atom is -0.423 e. The molecule has 1 aliphatic heterocycles. The lowest BCUT2D eigenvalue weighted by Crippen LogP contribution is -2.38. The van der Waals surface area contributed by atoms with Crippen molar-refractivity contribution in [3.8, 4) is 5.75 Å². The molecule has 1 amide bonds. The molecule has 0 saturated heterocycles. The van der Waals surface area contributed by atoms with E-state index in [0.717, 1.165) is 39.9 Å². The van der Waals surface area contributed by atoms with Gasteiger partial charge in [0.2, 0.25) is 0 Å². The molecule has 0 bridgehead atoms. The summed E-state index contributed by atoms with van der Waals surface area (Å²) in [4.78, 5) is 26.4. The van der Waals surface area contributed by atoms with Gasteiger partial charge in [0.1, 0.15) is 16.9 Å². The van der Waals surface area contributed by atoms with Gasteiger partial charge in [-0.15, -0.1) is 11.3 Å². The number of carbonyl (C=O) groups excluding carboxylic acids is 2. The second-order valence-corrected chi connectivity index (χ2v) is 9.46. The lowest BCUT2D eigenvalue weighted by molar-refractivity contribution is 0.0734. The van der Waals surface area contributed by atoms with Crippen molar-refractivity contribution in [2.75, 3.05) is 5.32 Å². The Morgan fingerprint density at radius 1 is 1.07 bits per heavy atom. The molecule has 0 spiro atoms. The molecule has 2 N–H and O–H groups in total. The van der Waals surface area contributed by atoms with Crippen LogP contribution in [0.5, 0.6) is 5.75 Å². The van der Waals surface area contributed by atoms with Crippen LogP contribution in [0.2, 0.25) is 0 Å². The van der Waals surface area contributed by atoms with Crippen molar-refractivity contribution < 1.29 is 14.3 Å². The first-order valence-electron chi connectivity index (χ1n) is 9.88. The SMILES string of the molecule is O=C(Oc1ccc([C@H]2NC(=O)c3c(sc4c3CCCC4)N2)cc1)c1cccc(Br)c1. The van der Waals surface area contributed by atoms with Crippen molar-refractivity contribution in [1.82, 2.24) is 5.32 Å². The van der Waals surface area contributed by atoms with Crippen molar-refractivity contribution in [2.24, 2.45) is 0 Å². The number of anilines is 1. The molecule has 1 aromatic heterocycles. The van der Waals surface area contributed by atoms with Crippen molar-refractivity contribution in [2.45, 2.75) is 31.8 Å². The lowest BCUT2D eigenvalue weighted by atomic mass is 9.94. The molecule has 0 radical (unpaired) electrons. The lowest BCUT2D eigenvalue weighted by Gasteiger charge is -2.27. The molecule has 0 unspecified atom stereocenters. The van der Waals surface area contributed by atoms with E-state index in [0.29, 0.717) is 11.3 Å². The van der Waals surface area contributed by atoms with Crippen LogP contribution in [0.25, 0.3) is 0 Å².